The van der Waals surface area contributed by atoms with Crippen LogP contribution in [0, 0.1) is 5.82 Å². The summed E-state index contributed by atoms with van der Waals surface area (Å²) in [5.74, 6) is -1.21. The van der Waals surface area contributed by atoms with Crippen molar-refractivity contribution in [3.8, 4) is 0 Å². The van der Waals surface area contributed by atoms with E-state index in [2.05, 4.69) is 10.7 Å². The Balaban J connectivity index is 1.62. The lowest BCUT2D eigenvalue weighted by Crippen LogP contribution is -2.49. The lowest BCUT2D eigenvalue weighted by Gasteiger charge is -2.17. The summed E-state index contributed by atoms with van der Waals surface area (Å²) in [5.41, 5.74) is 4.08. The zero-order valence-electron chi connectivity index (χ0n) is 11.9. The van der Waals surface area contributed by atoms with E-state index >= 15 is 0 Å². The maximum atomic E-state index is 12.8. The van der Waals surface area contributed by atoms with Gasteiger partial charge < -0.3 is 5.32 Å². The number of imide groups is 1. The van der Waals surface area contributed by atoms with Crippen LogP contribution in [0.5, 0.6) is 0 Å². The van der Waals surface area contributed by atoms with Gasteiger partial charge in [0.15, 0.2) is 5.11 Å². The third kappa shape index (κ3) is 3.04. The van der Waals surface area contributed by atoms with E-state index in [4.69, 9.17) is 12.2 Å². The molecule has 0 unspecified atom stereocenters. The van der Waals surface area contributed by atoms with Gasteiger partial charge in [-0.05, 0) is 42.0 Å². The van der Waals surface area contributed by atoms with E-state index in [-0.39, 0.29) is 10.9 Å². The van der Waals surface area contributed by atoms with Gasteiger partial charge in [0, 0.05) is 6.54 Å². The average Bonchev–Trinajstić information content (AvgIpc) is 2.80. The van der Waals surface area contributed by atoms with Gasteiger partial charge in [0.2, 0.25) is 0 Å². The fourth-order valence-corrected chi connectivity index (χ4v) is 2.38. The van der Waals surface area contributed by atoms with E-state index in [9.17, 15) is 14.0 Å². The molecule has 7 heteroatoms. The normalized spacial score (nSPS) is 13.0. The number of rotatable bonds is 3. The summed E-state index contributed by atoms with van der Waals surface area (Å²) in [5, 5.41) is 3.87. The fourth-order valence-electron chi connectivity index (χ4n) is 2.22. The Bertz CT molecular complexity index is 757. The van der Waals surface area contributed by atoms with Gasteiger partial charge in [-0.3, -0.25) is 15.0 Å². The number of benzene rings is 2. The maximum Gasteiger partial charge on any atom is 0.280 e. The minimum Gasteiger partial charge on any atom is -0.357 e. The van der Waals surface area contributed by atoms with Gasteiger partial charge in [-0.25, -0.2) is 4.39 Å². The molecule has 0 spiro atoms. The summed E-state index contributed by atoms with van der Waals surface area (Å²) in [6.07, 6.45) is 0. The average molecular weight is 329 g/mol. The highest BCUT2D eigenvalue weighted by Gasteiger charge is 2.35. The van der Waals surface area contributed by atoms with Crippen molar-refractivity contribution in [2.75, 3.05) is 0 Å². The predicted octanol–water partition coefficient (Wildman–Crippen LogP) is 2.00. The Hall–Kier alpha value is -2.80. The molecule has 116 valence electrons. The second-order valence-electron chi connectivity index (χ2n) is 4.91. The number of hydrazine groups is 1. The fraction of sp³-hybridized carbons (Fsp3) is 0.0625. The molecule has 5 nitrogen and oxygen atoms in total. The molecular weight excluding hydrogens is 317 g/mol. The quantitative estimate of drug-likeness (QED) is 0.666. The standard InChI is InChI=1S/C16H12FN3O2S/c17-11-7-5-10(6-8-11)9-18-16(23)19-20-14(21)12-3-1-2-4-13(12)15(20)22/h1-8H,9H2,(H2,18,19,23). The lowest BCUT2D eigenvalue weighted by atomic mass is 10.1. The van der Waals surface area contributed by atoms with Crippen LogP contribution in [0.15, 0.2) is 48.5 Å². The van der Waals surface area contributed by atoms with Crippen LogP contribution in [0.4, 0.5) is 4.39 Å². The van der Waals surface area contributed by atoms with E-state index in [0.717, 1.165) is 10.6 Å². The molecule has 0 saturated heterocycles. The van der Waals surface area contributed by atoms with Gasteiger partial charge in [-0.15, -0.1) is 0 Å². The molecule has 2 N–H and O–H groups in total. The van der Waals surface area contributed by atoms with Crippen molar-refractivity contribution in [1.82, 2.24) is 15.8 Å². The molecule has 2 amide bonds. The molecule has 3 rings (SSSR count). The molecule has 0 radical (unpaired) electrons. The second-order valence-corrected chi connectivity index (χ2v) is 5.32. The van der Waals surface area contributed by atoms with E-state index < -0.39 is 11.8 Å². The second kappa shape index (κ2) is 6.13. The van der Waals surface area contributed by atoms with Crippen molar-refractivity contribution in [1.29, 1.82) is 0 Å². The summed E-state index contributed by atoms with van der Waals surface area (Å²) < 4.78 is 12.8. The Kier molecular flexibility index (Phi) is 4.03. The van der Waals surface area contributed by atoms with E-state index in [1.54, 1.807) is 36.4 Å². The first-order valence-electron chi connectivity index (χ1n) is 6.83. The van der Waals surface area contributed by atoms with Gasteiger partial charge >= 0.3 is 0 Å². The molecule has 0 bridgehead atoms. The van der Waals surface area contributed by atoms with Crippen molar-refractivity contribution in [2.45, 2.75) is 6.54 Å². The zero-order valence-corrected chi connectivity index (χ0v) is 12.7. The van der Waals surface area contributed by atoms with Crippen LogP contribution < -0.4 is 10.7 Å². The van der Waals surface area contributed by atoms with Gasteiger partial charge in [0.25, 0.3) is 11.8 Å². The molecule has 0 aliphatic carbocycles. The van der Waals surface area contributed by atoms with Crippen LogP contribution in [0.3, 0.4) is 0 Å². The monoisotopic (exact) mass is 329 g/mol. The smallest absolute Gasteiger partial charge is 0.280 e. The SMILES string of the molecule is O=C1c2ccccc2C(=O)N1NC(=S)NCc1ccc(F)cc1. The number of nitrogens with one attached hydrogen (secondary N) is 2. The summed E-state index contributed by atoms with van der Waals surface area (Å²) in [7, 11) is 0. The molecule has 1 aliphatic rings. The molecule has 1 heterocycles. The minimum atomic E-state index is -0.448. The number of hydrogen-bond acceptors (Lipinski definition) is 3. The van der Waals surface area contributed by atoms with Crippen LogP contribution in [0.25, 0.3) is 0 Å². The van der Waals surface area contributed by atoms with Crippen LogP contribution in [0.2, 0.25) is 0 Å². The van der Waals surface area contributed by atoms with E-state index in [1.165, 1.54) is 12.1 Å². The number of halogens is 1. The molecular formula is C16H12FN3O2S. The summed E-state index contributed by atoms with van der Waals surface area (Å²) in [6.45, 7) is 0.343. The first kappa shape index (κ1) is 15.1. The molecule has 0 saturated carbocycles. The highest BCUT2D eigenvalue weighted by atomic mass is 32.1. The first-order chi connectivity index (χ1) is 11.1. The number of nitrogens with zero attached hydrogens (tertiary/aromatic N) is 1. The van der Waals surface area contributed by atoms with E-state index in [1.807, 2.05) is 0 Å². The molecule has 0 fully saturated rings. The van der Waals surface area contributed by atoms with Crippen LogP contribution >= 0.6 is 12.2 Å². The van der Waals surface area contributed by atoms with Crippen molar-refractivity contribution < 1.29 is 14.0 Å². The zero-order chi connectivity index (χ0) is 16.4. The van der Waals surface area contributed by atoms with Crippen molar-refractivity contribution in [3.05, 3.63) is 71.0 Å². The summed E-state index contributed by atoms with van der Waals surface area (Å²) >= 11 is 5.09. The van der Waals surface area contributed by atoms with Gasteiger partial charge in [-0.1, -0.05) is 24.3 Å². The molecule has 2 aromatic rings. The number of amides is 2. The summed E-state index contributed by atoms with van der Waals surface area (Å²) in [6, 6.07) is 12.5. The van der Waals surface area contributed by atoms with Gasteiger partial charge in [-0.2, -0.15) is 5.01 Å². The lowest BCUT2D eigenvalue weighted by molar-refractivity contribution is 0.0611. The largest absolute Gasteiger partial charge is 0.357 e. The number of hydrogen-bond donors (Lipinski definition) is 2. The molecule has 23 heavy (non-hydrogen) atoms. The number of thiocarbonyl (C=S) groups is 1. The van der Waals surface area contributed by atoms with Gasteiger partial charge in [0.1, 0.15) is 5.82 Å². The predicted molar refractivity (Wildman–Crippen MR) is 85.9 cm³/mol. The molecule has 0 aromatic heterocycles. The number of carbonyl (C=O) groups excluding carboxylic acids is 2. The Morgan fingerprint density at radius 3 is 2.13 bits per heavy atom. The first-order valence-corrected chi connectivity index (χ1v) is 7.24. The van der Waals surface area contributed by atoms with Crippen LogP contribution in [0.1, 0.15) is 26.3 Å². The van der Waals surface area contributed by atoms with Crippen LogP contribution in [-0.2, 0) is 6.54 Å². The molecule has 2 aromatic carbocycles. The van der Waals surface area contributed by atoms with Gasteiger partial charge in [0.05, 0.1) is 11.1 Å². The highest BCUT2D eigenvalue weighted by Crippen LogP contribution is 2.20. The summed E-state index contributed by atoms with van der Waals surface area (Å²) in [4.78, 5) is 24.3. The number of fused-ring (bicyclic) bond motifs is 1. The maximum absolute atomic E-state index is 12.8. The van der Waals surface area contributed by atoms with Crippen LogP contribution in [-0.4, -0.2) is 21.9 Å². The Labute approximate surface area is 137 Å². The Morgan fingerprint density at radius 1 is 1.00 bits per heavy atom. The van der Waals surface area contributed by atoms with Crippen molar-refractivity contribution in [3.63, 3.8) is 0 Å². The third-order valence-electron chi connectivity index (χ3n) is 3.37. The highest BCUT2D eigenvalue weighted by molar-refractivity contribution is 7.80. The third-order valence-corrected chi connectivity index (χ3v) is 3.61. The minimum absolute atomic E-state index is 0.129. The number of carbonyl (C=O) groups is 2. The topological polar surface area (TPSA) is 61.4 Å². The Morgan fingerprint density at radius 2 is 1.57 bits per heavy atom. The van der Waals surface area contributed by atoms with Crippen molar-refractivity contribution in [2.24, 2.45) is 0 Å². The van der Waals surface area contributed by atoms with E-state index in [0.29, 0.717) is 17.7 Å². The molecule has 1 aliphatic heterocycles. The van der Waals surface area contributed by atoms with Crippen molar-refractivity contribution >= 4 is 29.1 Å². The molecule has 0 atom stereocenters.